The van der Waals surface area contributed by atoms with Gasteiger partial charge in [-0.05, 0) is 29.8 Å². The van der Waals surface area contributed by atoms with E-state index in [2.05, 4.69) is 5.32 Å². The molecular formula is C17H13N3O4. The van der Waals surface area contributed by atoms with Gasteiger partial charge in [-0.2, -0.15) is 5.26 Å². The number of methoxy groups -OCH3 is 1. The quantitative estimate of drug-likeness (QED) is 0.394. The number of hydrogen-bond donors (Lipinski definition) is 1. The molecule has 1 N–H and O–H groups in total. The molecule has 0 aliphatic carbocycles. The highest BCUT2D eigenvalue weighted by Crippen LogP contribution is 2.28. The van der Waals surface area contributed by atoms with E-state index < -0.39 is 10.8 Å². The van der Waals surface area contributed by atoms with Crippen LogP contribution >= 0.6 is 0 Å². The van der Waals surface area contributed by atoms with Gasteiger partial charge in [0.25, 0.3) is 5.91 Å². The molecule has 120 valence electrons. The van der Waals surface area contributed by atoms with Crippen molar-refractivity contribution in [3.8, 4) is 11.8 Å². The lowest BCUT2D eigenvalue weighted by atomic mass is 10.1. The largest absolute Gasteiger partial charge is 0.490 e. The maximum atomic E-state index is 12.1. The number of carbonyl (C=O) groups is 1. The molecule has 0 radical (unpaired) electrons. The Kier molecular flexibility index (Phi) is 5.26. The van der Waals surface area contributed by atoms with Crippen LogP contribution in [0.5, 0.6) is 5.75 Å². The van der Waals surface area contributed by atoms with Crippen LogP contribution < -0.4 is 10.1 Å². The monoisotopic (exact) mass is 323 g/mol. The summed E-state index contributed by atoms with van der Waals surface area (Å²) in [6.45, 7) is 0. The molecule has 0 aliphatic rings. The van der Waals surface area contributed by atoms with Gasteiger partial charge >= 0.3 is 5.69 Å². The molecule has 0 bridgehead atoms. The second kappa shape index (κ2) is 7.56. The molecule has 7 heteroatoms. The minimum absolute atomic E-state index is 0.101. The third-order valence-electron chi connectivity index (χ3n) is 3.11. The van der Waals surface area contributed by atoms with E-state index in [9.17, 15) is 20.2 Å². The number of rotatable bonds is 5. The molecule has 0 spiro atoms. The molecule has 0 aliphatic heterocycles. The van der Waals surface area contributed by atoms with Crippen LogP contribution in [0, 0.1) is 21.4 Å². The first-order valence-electron chi connectivity index (χ1n) is 6.85. The summed E-state index contributed by atoms with van der Waals surface area (Å²) in [5.41, 5.74) is 0.483. The number of nitrogens with one attached hydrogen (secondary N) is 1. The Morgan fingerprint density at radius 3 is 2.58 bits per heavy atom. The first kappa shape index (κ1) is 16.7. The van der Waals surface area contributed by atoms with E-state index in [1.54, 1.807) is 36.4 Å². The Bertz CT molecular complexity index is 839. The number of hydrogen-bond acceptors (Lipinski definition) is 5. The molecular weight excluding hydrogens is 310 g/mol. The Hall–Kier alpha value is -3.66. The van der Waals surface area contributed by atoms with Crippen LogP contribution in [0.3, 0.4) is 0 Å². The predicted molar refractivity (Wildman–Crippen MR) is 88.3 cm³/mol. The molecule has 0 saturated heterocycles. The lowest BCUT2D eigenvalue weighted by Crippen LogP contribution is -2.13. The van der Waals surface area contributed by atoms with E-state index in [1.807, 2.05) is 0 Å². The molecule has 7 nitrogen and oxygen atoms in total. The number of para-hydroxylation sites is 1. The minimum Gasteiger partial charge on any atom is -0.490 e. The van der Waals surface area contributed by atoms with Gasteiger partial charge in [-0.15, -0.1) is 0 Å². The van der Waals surface area contributed by atoms with Gasteiger partial charge in [0.1, 0.15) is 11.6 Å². The average molecular weight is 323 g/mol. The number of nitro groups is 1. The molecule has 24 heavy (non-hydrogen) atoms. The Labute approximate surface area is 137 Å². The van der Waals surface area contributed by atoms with Crippen LogP contribution in [0.25, 0.3) is 6.08 Å². The number of anilines is 1. The number of ether oxygens (including phenoxy) is 1. The van der Waals surface area contributed by atoms with Crippen LogP contribution in [0.2, 0.25) is 0 Å². The van der Waals surface area contributed by atoms with Gasteiger partial charge in [-0.3, -0.25) is 14.9 Å². The molecule has 0 atom stereocenters. The van der Waals surface area contributed by atoms with Crippen molar-refractivity contribution in [2.45, 2.75) is 0 Å². The van der Waals surface area contributed by atoms with Crippen LogP contribution in [0.15, 0.2) is 54.1 Å². The third kappa shape index (κ3) is 3.96. The average Bonchev–Trinajstić information content (AvgIpc) is 2.60. The van der Waals surface area contributed by atoms with Crippen molar-refractivity contribution in [2.24, 2.45) is 0 Å². The summed E-state index contributed by atoms with van der Waals surface area (Å²) in [6, 6.07) is 14.6. The number of amides is 1. The third-order valence-corrected chi connectivity index (χ3v) is 3.11. The summed E-state index contributed by atoms with van der Waals surface area (Å²) >= 11 is 0. The maximum Gasteiger partial charge on any atom is 0.311 e. The van der Waals surface area contributed by atoms with E-state index in [1.165, 1.54) is 31.4 Å². The summed E-state index contributed by atoms with van der Waals surface area (Å²) in [6.07, 6.45) is 1.28. The first-order chi connectivity index (χ1) is 11.5. The SMILES string of the molecule is COc1ccc(C=C(C#N)C(=O)Nc2ccccc2)cc1[N+](=O)[O-]. The predicted octanol–water partition coefficient (Wildman–Crippen LogP) is 3.15. The lowest BCUT2D eigenvalue weighted by molar-refractivity contribution is -0.385. The first-order valence-corrected chi connectivity index (χ1v) is 6.85. The zero-order valence-electron chi connectivity index (χ0n) is 12.7. The lowest BCUT2D eigenvalue weighted by Gasteiger charge is -2.05. The van der Waals surface area contributed by atoms with Crippen LogP contribution in [-0.2, 0) is 4.79 Å². The number of carbonyl (C=O) groups excluding carboxylic acids is 1. The van der Waals surface area contributed by atoms with E-state index in [0.717, 1.165) is 0 Å². The summed E-state index contributed by atoms with van der Waals surface area (Å²) < 4.78 is 4.91. The van der Waals surface area contributed by atoms with Gasteiger partial charge in [-0.1, -0.05) is 24.3 Å². The van der Waals surface area contributed by atoms with Gasteiger partial charge in [0, 0.05) is 11.8 Å². The smallest absolute Gasteiger partial charge is 0.311 e. The zero-order chi connectivity index (χ0) is 17.5. The second-order valence-corrected chi connectivity index (χ2v) is 4.68. The fourth-order valence-electron chi connectivity index (χ4n) is 1.97. The normalized spacial score (nSPS) is 10.6. The highest BCUT2D eigenvalue weighted by atomic mass is 16.6. The van der Waals surface area contributed by atoms with Gasteiger partial charge in [0.05, 0.1) is 12.0 Å². The van der Waals surface area contributed by atoms with E-state index in [-0.39, 0.29) is 17.0 Å². The zero-order valence-corrected chi connectivity index (χ0v) is 12.7. The maximum absolute atomic E-state index is 12.1. The molecule has 2 aromatic rings. The highest BCUT2D eigenvalue weighted by Gasteiger charge is 2.16. The molecule has 0 aromatic heterocycles. The van der Waals surface area contributed by atoms with Gasteiger partial charge in [0.2, 0.25) is 0 Å². The van der Waals surface area contributed by atoms with Crippen molar-refractivity contribution in [1.29, 1.82) is 5.26 Å². The van der Waals surface area contributed by atoms with Crippen LogP contribution in [-0.4, -0.2) is 17.9 Å². The number of benzene rings is 2. The fourth-order valence-corrected chi connectivity index (χ4v) is 1.97. The van der Waals surface area contributed by atoms with Crippen molar-refractivity contribution in [2.75, 3.05) is 12.4 Å². The summed E-state index contributed by atoms with van der Waals surface area (Å²) in [5, 5.41) is 22.8. The molecule has 2 aromatic carbocycles. The summed E-state index contributed by atoms with van der Waals surface area (Å²) in [7, 11) is 1.33. The fraction of sp³-hybridized carbons (Fsp3) is 0.0588. The molecule has 0 unspecified atom stereocenters. The standard InChI is InChI=1S/C17H13N3O4/c1-24-16-8-7-12(10-15(16)20(22)23)9-13(11-18)17(21)19-14-5-3-2-4-6-14/h2-10H,1H3,(H,19,21). The van der Waals surface area contributed by atoms with Crippen molar-refractivity contribution in [3.63, 3.8) is 0 Å². The number of nitrogens with zero attached hydrogens (tertiary/aromatic N) is 2. The van der Waals surface area contributed by atoms with Crippen LogP contribution in [0.1, 0.15) is 5.56 Å². The minimum atomic E-state index is -0.595. The molecule has 0 heterocycles. The van der Waals surface area contributed by atoms with Crippen molar-refractivity contribution >= 4 is 23.4 Å². The van der Waals surface area contributed by atoms with Crippen molar-refractivity contribution < 1.29 is 14.5 Å². The van der Waals surface area contributed by atoms with E-state index >= 15 is 0 Å². The molecule has 0 fully saturated rings. The van der Waals surface area contributed by atoms with Gasteiger partial charge < -0.3 is 10.1 Å². The molecule has 2 rings (SSSR count). The van der Waals surface area contributed by atoms with E-state index in [0.29, 0.717) is 11.3 Å². The Morgan fingerprint density at radius 1 is 1.29 bits per heavy atom. The number of nitro benzene ring substituents is 1. The summed E-state index contributed by atoms with van der Waals surface area (Å²) in [5.74, 6) is -0.494. The highest BCUT2D eigenvalue weighted by molar-refractivity contribution is 6.09. The molecule has 1 amide bonds. The summed E-state index contributed by atoms with van der Waals surface area (Å²) in [4.78, 5) is 22.6. The van der Waals surface area contributed by atoms with Crippen LogP contribution in [0.4, 0.5) is 11.4 Å². The number of nitriles is 1. The Morgan fingerprint density at radius 2 is 2.00 bits per heavy atom. The Balaban J connectivity index is 2.30. The topological polar surface area (TPSA) is 105 Å². The van der Waals surface area contributed by atoms with Gasteiger partial charge in [-0.25, -0.2) is 0 Å². The van der Waals surface area contributed by atoms with Crippen molar-refractivity contribution in [1.82, 2.24) is 0 Å². The van der Waals surface area contributed by atoms with Gasteiger partial charge in [0.15, 0.2) is 5.75 Å². The van der Waals surface area contributed by atoms with Crippen molar-refractivity contribution in [3.05, 3.63) is 69.8 Å². The molecule has 0 saturated carbocycles. The second-order valence-electron chi connectivity index (χ2n) is 4.68. The van der Waals surface area contributed by atoms with E-state index in [4.69, 9.17) is 4.74 Å².